The number of rotatable bonds is 4. The van der Waals surface area contributed by atoms with Crippen molar-refractivity contribution in [3.8, 4) is 0 Å². The van der Waals surface area contributed by atoms with E-state index in [0.717, 1.165) is 25.2 Å². The molecule has 0 saturated carbocycles. The molecular weight excluding hydrogens is 357 g/mol. The zero-order valence-electron chi connectivity index (χ0n) is 12.9. The number of halogens is 2. The lowest BCUT2D eigenvalue weighted by atomic mass is 10.0. The summed E-state index contributed by atoms with van der Waals surface area (Å²) in [6, 6.07) is 12.2. The standard InChI is InChI=1S/C19H19BrFNO/c20-17-8-7-16(12-18(17)21)19(23)15-6-4-5-14(11-15)13-22-9-2-1-3-10-22/h4-8,11-12H,1-3,9-10,13H2. The first-order valence-corrected chi connectivity index (χ1v) is 8.74. The van der Waals surface area contributed by atoms with Gasteiger partial charge in [-0.3, -0.25) is 9.69 Å². The van der Waals surface area contributed by atoms with Crippen molar-refractivity contribution < 1.29 is 9.18 Å². The summed E-state index contributed by atoms with van der Waals surface area (Å²) >= 11 is 3.11. The van der Waals surface area contributed by atoms with Crippen LogP contribution in [0.3, 0.4) is 0 Å². The molecular formula is C19H19BrFNO. The van der Waals surface area contributed by atoms with Crippen LogP contribution in [0.5, 0.6) is 0 Å². The fraction of sp³-hybridized carbons (Fsp3) is 0.316. The summed E-state index contributed by atoms with van der Waals surface area (Å²) < 4.78 is 14.0. The highest BCUT2D eigenvalue weighted by molar-refractivity contribution is 9.10. The van der Waals surface area contributed by atoms with Crippen molar-refractivity contribution in [1.29, 1.82) is 0 Å². The molecule has 0 amide bonds. The number of benzene rings is 2. The maximum Gasteiger partial charge on any atom is 0.193 e. The summed E-state index contributed by atoms with van der Waals surface area (Å²) in [4.78, 5) is 15.0. The predicted octanol–water partition coefficient (Wildman–Crippen LogP) is 4.81. The summed E-state index contributed by atoms with van der Waals surface area (Å²) in [5, 5.41) is 0. The SMILES string of the molecule is O=C(c1cccc(CN2CCCCC2)c1)c1ccc(Br)c(F)c1. The molecule has 1 heterocycles. The Labute approximate surface area is 144 Å². The van der Waals surface area contributed by atoms with Crippen molar-refractivity contribution in [2.24, 2.45) is 0 Å². The Bertz CT molecular complexity index is 710. The van der Waals surface area contributed by atoms with Crippen LogP contribution in [0.15, 0.2) is 46.9 Å². The third-order valence-electron chi connectivity index (χ3n) is 4.23. The number of piperidine rings is 1. The van der Waals surface area contributed by atoms with E-state index < -0.39 is 5.82 Å². The number of nitrogens with zero attached hydrogens (tertiary/aromatic N) is 1. The Kier molecular flexibility index (Phi) is 5.23. The zero-order valence-corrected chi connectivity index (χ0v) is 14.5. The minimum atomic E-state index is -0.416. The van der Waals surface area contributed by atoms with Crippen molar-refractivity contribution in [2.45, 2.75) is 25.8 Å². The monoisotopic (exact) mass is 375 g/mol. The first-order valence-electron chi connectivity index (χ1n) is 7.94. The minimum Gasteiger partial charge on any atom is -0.299 e. The minimum absolute atomic E-state index is 0.142. The molecule has 0 N–H and O–H groups in total. The molecule has 4 heteroatoms. The quantitative estimate of drug-likeness (QED) is 0.714. The maximum absolute atomic E-state index is 13.6. The van der Waals surface area contributed by atoms with Gasteiger partial charge in [0.2, 0.25) is 0 Å². The molecule has 0 unspecified atom stereocenters. The average Bonchev–Trinajstić information content (AvgIpc) is 2.58. The van der Waals surface area contributed by atoms with E-state index in [2.05, 4.69) is 20.8 Å². The fourth-order valence-electron chi connectivity index (χ4n) is 2.99. The van der Waals surface area contributed by atoms with E-state index in [1.165, 1.54) is 25.3 Å². The highest BCUT2D eigenvalue weighted by atomic mass is 79.9. The predicted molar refractivity (Wildman–Crippen MR) is 93.1 cm³/mol. The van der Waals surface area contributed by atoms with Gasteiger partial charge in [-0.2, -0.15) is 0 Å². The van der Waals surface area contributed by atoms with Crippen molar-refractivity contribution in [3.63, 3.8) is 0 Å². The lowest BCUT2D eigenvalue weighted by Crippen LogP contribution is -2.29. The van der Waals surface area contributed by atoms with Gasteiger partial charge in [0.05, 0.1) is 4.47 Å². The molecule has 1 aliphatic rings. The topological polar surface area (TPSA) is 20.3 Å². The molecule has 1 saturated heterocycles. The molecule has 1 fully saturated rings. The second-order valence-corrected chi connectivity index (χ2v) is 6.85. The number of ketones is 1. The van der Waals surface area contributed by atoms with E-state index in [-0.39, 0.29) is 5.78 Å². The molecule has 2 nitrogen and oxygen atoms in total. The van der Waals surface area contributed by atoms with Crippen LogP contribution in [0.4, 0.5) is 4.39 Å². The Hall–Kier alpha value is -1.52. The molecule has 0 atom stereocenters. The van der Waals surface area contributed by atoms with Gasteiger partial charge < -0.3 is 0 Å². The summed E-state index contributed by atoms with van der Waals surface area (Å²) in [6.07, 6.45) is 3.80. The molecule has 0 aromatic heterocycles. The molecule has 3 rings (SSSR count). The highest BCUT2D eigenvalue weighted by Gasteiger charge is 2.14. The first kappa shape index (κ1) is 16.3. The molecule has 23 heavy (non-hydrogen) atoms. The highest BCUT2D eigenvalue weighted by Crippen LogP contribution is 2.20. The van der Waals surface area contributed by atoms with E-state index in [0.29, 0.717) is 15.6 Å². The second-order valence-electron chi connectivity index (χ2n) is 6.00. The van der Waals surface area contributed by atoms with Crippen LogP contribution in [0.1, 0.15) is 40.7 Å². The molecule has 2 aromatic carbocycles. The van der Waals surface area contributed by atoms with Gasteiger partial charge in [0.25, 0.3) is 0 Å². The Morgan fingerprint density at radius 1 is 1.04 bits per heavy atom. The number of carbonyl (C=O) groups is 1. The molecule has 0 radical (unpaired) electrons. The number of hydrogen-bond acceptors (Lipinski definition) is 2. The van der Waals surface area contributed by atoms with Crippen molar-refractivity contribution in [1.82, 2.24) is 4.90 Å². The van der Waals surface area contributed by atoms with Crippen molar-refractivity contribution in [2.75, 3.05) is 13.1 Å². The van der Waals surface area contributed by atoms with Crippen LogP contribution in [0, 0.1) is 5.82 Å². The van der Waals surface area contributed by atoms with E-state index in [9.17, 15) is 9.18 Å². The first-order chi connectivity index (χ1) is 11.1. The van der Waals surface area contributed by atoms with Crippen LogP contribution >= 0.6 is 15.9 Å². The normalized spacial score (nSPS) is 15.6. The van der Waals surface area contributed by atoms with Gasteiger partial charge >= 0.3 is 0 Å². The zero-order chi connectivity index (χ0) is 16.2. The largest absolute Gasteiger partial charge is 0.299 e. The van der Waals surface area contributed by atoms with Crippen LogP contribution in [-0.4, -0.2) is 23.8 Å². The molecule has 1 aliphatic heterocycles. The van der Waals surface area contributed by atoms with Gasteiger partial charge in [-0.05, 0) is 71.7 Å². The number of carbonyl (C=O) groups excluding carboxylic acids is 1. The number of likely N-dealkylation sites (tertiary alicyclic amines) is 1. The van der Waals surface area contributed by atoms with Crippen LogP contribution in [-0.2, 0) is 6.54 Å². The third-order valence-corrected chi connectivity index (χ3v) is 4.87. The third kappa shape index (κ3) is 4.06. The molecule has 120 valence electrons. The summed E-state index contributed by atoms with van der Waals surface area (Å²) in [5.41, 5.74) is 2.12. The fourth-order valence-corrected chi connectivity index (χ4v) is 3.24. The molecule has 0 aliphatic carbocycles. The smallest absolute Gasteiger partial charge is 0.193 e. The van der Waals surface area contributed by atoms with Gasteiger partial charge in [0, 0.05) is 17.7 Å². The second kappa shape index (κ2) is 7.37. The van der Waals surface area contributed by atoms with E-state index >= 15 is 0 Å². The van der Waals surface area contributed by atoms with Gasteiger partial charge in [0.1, 0.15) is 5.82 Å². The van der Waals surface area contributed by atoms with Gasteiger partial charge in [0.15, 0.2) is 5.78 Å². The Balaban J connectivity index is 1.78. The van der Waals surface area contributed by atoms with Crippen LogP contribution in [0.2, 0.25) is 0 Å². The van der Waals surface area contributed by atoms with E-state index in [4.69, 9.17) is 0 Å². The summed E-state index contributed by atoms with van der Waals surface area (Å²) in [5.74, 6) is -0.558. The summed E-state index contributed by atoms with van der Waals surface area (Å²) in [6.45, 7) is 3.11. The lowest BCUT2D eigenvalue weighted by Gasteiger charge is -2.26. The maximum atomic E-state index is 13.6. The Morgan fingerprint density at radius 2 is 1.78 bits per heavy atom. The van der Waals surface area contributed by atoms with E-state index in [1.807, 2.05) is 18.2 Å². The molecule has 0 spiro atoms. The number of hydrogen-bond donors (Lipinski definition) is 0. The van der Waals surface area contributed by atoms with Crippen LogP contribution < -0.4 is 0 Å². The van der Waals surface area contributed by atoms with Gasteiger partial charge in [-0.1, -0.05) is 24.6 Å². The van der Waals surface area contributed by atoms with Gasteiger partial charge in [-0.25, -0.2) is 4.39 Å². The van der Waals surface area contributed by atoms with Crippen LogP contribution in [0.25, 0.3) is 0 Å². The lowest BCUT2D eigenvalue weighted by molar-refractivity contribution is 0.103. The molecule has 2 aromatic rings. The van der Waals surface area contributed by atoms with Gasteiger partial charge in [-0.15, -0.1) is 0 Å². The van der Waals surface area contributed by atoms with Crippen molar-refractivity contribution in [3.05, 3.63) is 69.4 Å². The van der Waals surface area contributed by atoms with Crippen molar-refractivity contribution >= 4 is 21.7 Å². The van der Waals surface area contributed by atoms with E-state index in [1.54, 1.807) is 18.2 Å². The Morgan fingerprint density at radius 3 is 2.52 bits per heavy atom. The molecule has 0 bridgehead atoms. The average molecular weight is 376 g/mol. The summed E-state index contributed by atoms with van der Waals surface area (Å²) in [7, 11) is 0.